The summed E-state index contributed by atoms with van der Waals surface area (Å²) in [6.45, 7) is 3.28. The number of amides is 2. The topological polar surface area (TPSA) is 75.7 Å². The molecular formula is C16H22N2O4S. The van der Waals surface area contributed by atoms with E-state index in [2.05, 4.69) is 5.32 Å². The molecule has 0 aliphatic carbocycles. The van der Waals surface area contributed by atoms with Gasteiger partial charge in [0, 0.05) is 19.0 Å². The molecule has 6 nitrogen and oxygen atoms in total. The third-order valence-corrected chi connectivity index (χ3v) is 4.18. The summed E-state index contributed by atoms with van der Waals surface area (Å²) in [6.07, 6.45) is 0. The maximum Gasteiger partial charge on any atom is 0.319 e. The van der Waals surface area contributed by atoms with Crippen molar-refractivity contribution in [3.8, 4) is 0 Å². The maximum atomic E-state index is 11.9. The van der Waals surface area contributed by atoms with Gasteiger partial charge in [0.15, 0.2) is 6.61 Å². The van der Waals surface area contributed by atoms with Gasteiger partial charge in [0.05, 0.1) is 6.54 Å². The zero-order chi connectivity index (χ0) is 17.4. The smallest absolute Gasteiger partial charge is 0.319 e. The molecule has 0 aliphatic heterocycles. The highest BCUT2D eigenvalue weighted by atomic mass is 32.2. The van der Waals surface area contributed by atoms with E-state index < -0.39 is 17.1 Å². The molecule has 0 saturated carbocycles. The lowest BCUT2D eigenvalue weighted by atomic mass is 10.2. The number of likely N-dealkylation sites (N-methyl/N-ethyl adjacent to an activating group) is 2. The first-order valence-electron chi connectivity index (χ1n) is 7.18. The van der Waals surface area contributed by atoms with Gasteiger partial charge in [0.2, 0.25) is 5.91 Å². The van der Waals surface area contributed by atoms with Gasteiger partial charge in [-0.1, -0.05) is 17.7 Å². The third kappa shape index (κ3) is 6.73. The normalized spacial score (nSPS) is 11.5. The summed E-state index contributed by atoms with van der Waals surface area (Å²) in [5.41, 5.74) is 1.15. The van der Waals surface area contributed by atoms with Crippen LogP contribution in [0.1, 0.15) is 12.5 Å². The Morgan fingerprint density at radius 3 is 2.43 bits per heavy atom. The Balaban J connectivity index is 2.41. The number of nitrogens with one attached hydrogen (secondary N) is 1. The quantitative estimate of drug-likeness (QED) is 0.598. The van der Waals surface area contributed by atoms with Crippen LogP contribution in [0.5, 0.6) is 0 Å². The molecule has 2 amide bonds. The van der Waals surface area contributed by atoms with E-state index in [-0.39, 0.29) is 19.1 Å². The Kier molecular flexibility index (Phi) is 7.61. The van der Waals surface area contributed by atoms with Crippen molar-refractivity contribution in [3.63, 3.8) is 0 Å². The molecule has 23 heavy (non-hydrogen) atoms. The van der Waals surface area contributed by atoms with E-state index in [1.807, 2.05) is 31.2 Å². The first-order valence-corrected chi connectivity index (χ1v) is 8.06. The number of hydrogen-bond donors (Lipinski definition) is 1. The first-order chi connectivity index (χ1) is 10.8. The largest absolute Gasteiger partial charge is 0.455 e. The Bertz CT molecular complexity index is 560. The number of rotatable bonds is 7. The molecule has 0 unspecified atom stereocenters. The summed E-state index contributed by atoms with van der Waals surface area (Å²) in [7, 11) is 2.97. The van der Waals surface area contributed by atoms with E-state index >= 15 is 0 Å². The zero-order valence-electron chi connectivity index (χ0n) is 13.8. The number of benzene rings is 1. The molecule has 1 aromatic rings. The summed E-state index contributed by atoms with van der Waals surface area (Å²) >= 11 is 1.37. The number of thioether (sulfide) groups is 1. The van der Waals surface area contributed by atoms with Crippen LogP contribution in [-0.4, -0.2) is 55.2 Å². The van der Waals surface area contributed by atoms with Crippen LogP contribution >= 0.6 is 11.8 Å². The van der Waals surface area contributed by atoms with Crippen molar-refractivity contribution in [2.45, 2.75) is 24.0 Å². The fourth-order valence-corrected chi connectivity index (χ4v) is 2.48. The second kappa shape index (κ2) is 9.19. The predicted octanol–water partition coefficient (Wildman–Crippen LogP) is 1.22. The van der Waals surface area contributed by atoms with Crippen LogP contribution in [-0.2, 0) is 19.1 Å². The van der Waals surface area contributed by atoms with E-state index in [0.29, 0.717) is 0 Å². The Hall–Kier alpha value is -2.02. The SMILES string of the molecule is CNC(=O)CN(C)C(=O)COC(=O)[C@H](C)Sc1ccc(C)cc1. The molecule has 0 saturated heterocycles. The van der Waals surface area contributed by atoms with E-state index in [1.54, 1.807) is 6.92 Å². The van der Waals surface area contributed by atoms with Crippen molar-refractivity contribution >= 4 is 29.5 Å². The van der Waals surface area contributed by atoms with Crippen LogP contribution in [0, 0.1) is 6.92 Å². The number of carbonyl (C=O) groups is 3. The number of aryl methyl sites for hydroxylation is 1. The van der Waals surface area contributed by atoms with Crippen LogP contribution in [0.25, 0.3) is 0 Å². The van der Waals surface area contributed by atoms with Gasteiger partial charge in [-0.15, -0.1) is 11.8 Å². The Morgan fingerprint density at radius 1 is 1.26 bits per heavy atom. The molecule has 1 N–H and O–H groups in total. The molecule has 1 rings (SSSR count). The fraction of sp³-hybridized carbons (Fsp3) is 0.438. The molecule has 0 bridgehead atoms. The summed E-state index contributed by atoms with van der Waals surface area (Å²) in [6, 6.07) is 7.81. The van der Waals surface area contributed by atoms with Crippen LogP contribution in [0.2, 0.25) is 0 Å². The van der Waals surface area contributed by atoms with Gasteiger partial charge >= 0.3 is 5.97 Å². The maximum absolute atomic E-state index is 11.9. The average molecular weight is 338 g/mol. The van der Waals surface area contributed by atoms with E-state index in [1.165, 1.54) is 30.8 Å². The molecule has 0 spiro atoms. The van der Waals surface area contributed by atoms with Crippen LogP contribution in [0.15, 0.2) is 29.2 Å². The third-order valence-electron chi connectivity index (χ3n) is 3.09. The summed E-state index contributed by atoms with van der Waals surface area (Å²) < 4.78 is 5.02. The van der Waals surface area contributed by atoms with Gasteiger partial charge < -0.3 is 15.0 Å². The number of esters is 1. The molecule has 1 aromatic carbocycles. The Morgan fingerprint density at radius 2 is 1.87 bits per heavy atom. The van der Waals surface area contributed by atoms with Gasteiger partial charge in [-0.05, 0) is 26.0 Å². The van der Waals surface area contributed by atoms with E-state index in [9.17, 15) is 14.4 Å². The number of nitrogens with zero attached hydrogens (tertiary/aromatic N) is 1. The monoisotopic (exact) mass is 338 g/mol. The van der Waals surface area contributed by atoms with Crippen LogP contribution < -0.4 is 5.32 Å². The first kappa shape index (κ1) is 19.0. The van der Waals surface area contributed by atoms with Crippen molar-refractivity contribution in [1.29, 1.82) is 0 Å². The molecule has 0 aliphatic rings. The van der Waals surface area contributed by atoms with Crippen molar-refractivity contribution < 1.29 is 19.1 Å². The molecule has 126 valence electrons. The van der Waals surface area contributed by atoms with Gasteiger partial charge in [0.1, 0.15) is 5.25 Å². The zero-order valence-corrected chi connectivity index (χ0v) is 14.6. The second-order valence-electron chi connectivity index (χ2n) is 5.10. The summed E-state index contributed by atoms with van der Waals surface area (Å²) in [5.74, 6) is -1.16. The lowest BCUT2D eigenvalue weighted by molar-refractivity contribution is -0.151. The van der Waals surface area contributed by atoms with E-state index in [0.717, 1.165) is 10.5 Å². The average Bonchev–Trinajstić information content (AvgIpc) is 2.53. The van der Waals surface area contributed by atoms with Crippen molar-refractivity contribution in [3.05, 3.63) is 29.8 Å². The van der Waals surface area contributed by atoms with Gasteiger partial charge in [-0.3, -0.25) is 14.4 Å². The van der Waals surface area contributed by atoms with Gasteiger partial charge in [-0.2, -0.15) is 0 Å². The molecule has 0 fully saturated rings. The fourth-order valence-electron chi connectivity index (χ4n) is 1.61. The molecule has 0 aromatic heterocycles. The molecule has 7 heteroatoms. The molecular weight excluding hydrogens is 316 g/mol. The standard InChI is InChI=1S/C16H22N2O4S/c1-11-5-7-13(8-6-11)23-12(2)16(21)22-10-15(20)18(4)9-14(19)17-3/h5-8,12H,9-10H2,1-4H3,(H,17,19)/t12-/m0/s1. The Labute approximate surface area is 140 Å². The number of ether oxygens (including phenoxy) is 1. The van der Waals surface area contributed by atoms with Crippen molar-refractivity contribution in [1.82, 2.24) is 10.2 Å². The van der Waals surface area contributed by atoms with Gasteiger partial charge in [-0.25, -0.2) is 0 Å². The predicted molar refractivity (Wildman–Crippen MR) is 89.2 cm³/mol. The minimum Gasteiger partial charge on any atom is -0.455 e. The van der Waals surface area contributed by atoms with Crippen LogP contribution in [0.4, 0.5) is 0 Å². The molecule has 1 atom stereocenters. The highest BCUT2D eigenvalue weighted by molar-refractivity contribution is 8.00. The lowest BCUT2D eigenvalue weighted by Gasteiger charge is -2.17. The number of hydrogen-bond acceptors (Lipinski definition) is 5. The highest BCUT2D eigenvalue weighted by Gasteiger charge is 2.19. The van der Waals surface area contributed by atoms with Gasteiger partial charge in [0.25, 0.3) is 5.91 Å². The van der Waals surface area contributed by atoms with E-state index in [4.69, 9.17) is 4.74 Å². The molecule has 0 radical (unpaired) electrons. The summed E-state index contributed by atoms with van der Waals surface area (Å²) in [5, 5.41) is 2.00. The number of carbonyl (C=O) groups excluding carboxylic acids is 3. The molecule has 0 heterocycles. The van der Waals surface area contributed by atoms with Crippen molar-refractivity contribution in [2.24, 2.45) is 0 Å². The van der Waals surface area contributed by atoms with Crippen LogP contribution in [0.3, 0.4) is 0 Å². The van der Waals surface area contributed by atoms with Crippen molar-refractivity contribution in [2.75, 3.05) is 27.2 Å². The second-order valence-corrected chi connectivity index (χ2v) is 6.52. The lowest BCUT2D eigenvalue weighted by Crippen LogP contribution is -2.39. The summed E-state index contributed by atoms with van der Waals surface area (Å²) in [4.78, 5) is 37.1. The minimum absolute atomic E-state index is 0.0689. The highest BCUT2D eigenvalue weighted by Crippen LogP contribution is 2.24. The minimum atomic E-state index is -0.461.